The number of aryl methyl sites for hydroxylation is 1. The van der Waals surface area contributed by atoms with Gasteiger partial charge in [-0.1, -0.05) is 19.1 Å². The summed E-state index contributed by atoms with van der Waals surface area (Å²) in [5.74, 6) is 0. The molecule has 0 aliphatic carbocycles. The number of benzene rings is 2. The second kappa shape index (κ2) is 5.39. The van der Waals surface area contributed by atoms with Crippen molar-refractivity contribution < 1.29 is 4.92 Å². The van der Waals surface area contributed by atoms with Gasteiger partial charge in [-0.3, -0.25) is 10.1 Å². The standard InChI is InChI=1S/C14H15N3O2/c1-2-10-3-5-11(6-4-10)16-12-7-8-14(17(18)19)13(15)9-12/h3-9,16H,2,15H2,1H3. The monoisotopic (exact) mass is 257 g/mol. The van der Waals surface area contributed by atoms with Crippen LogP contribution in [0.3, 0.4) is 0 Å². The molecule has 0 fully saturated rings. The second-order valence-corrected chi connectivity index (χ2v) is 4.21. The molecular formula is C14H15N3O2. The molecule has 0 aliphatic heterocycles. The Morgan fingerprint density at radius 3 is 2.32 bits per heavy atom. The van der Waals surface area contributed by atoms with Crippen molar-refractivity contribution in [2.45, 2.75) is 13.3 Å². The Bertz CT molecular complexity index is 594. The molecule has 98 valence electrons. The van der Waals surface area contributed by atoms with Crippen molar-refractivity contribution in [3.8, 4) is 0 Å². The summed E-state index contributed by atoms with van der Waals surface area (Å²) in [5, 5.41) is 13.8. The summed E-state index contributed by atoms with van der Waals surface area (Å²) in [5.41, 5.74) is 8.62. The Labute approximate surface area is 111 Å². The minimum atomic E-state index is -0.491. The van der Waals surface area contributed by atoms with E-state index in [1.165, 1.54) is 11.6 Å². The number of hydrogen-bond acceptors (Lipinski definition) is 4. The Morgan fingerprint density at radius 2 is 1.79 bits per heavy atom. The fraction of sp³-hybridized carbons (Fsp3) is 0.143. The highest BCUT2D eigenvalue weighted by Gasteiger charge is 2.10. The zero-order valence-corrected chi connectivity index (χ0v) is 10.6. The van der Waals surface area contributed by atoms with Gasteiger partial charge in [0.15, 0.2) is 0 Å². The molecule has 0 radical (unpaired) electrons. The van der Waals surface area contributed by atoms with Crippen LogP contribution in [0.25, 0.3) is 0 Å². The van der Waals surface area contributed by atoms with Crippen molar-refractivity contribution in [3.63, 3.8) is 0 Å². The summed E-state index contributed by atoms with van der Waals surface area (Å²) in [4.78, 5) is 10.2. The van der Waals surface area contributed by atoms with E-state index >= 15 is 0 Å². The smallest absolute Gasteiger partial charge is 0.292 e. The number of nitrogens with zero attached hydrogens (tertiary/aromatic N) is 1. The molecular weight excluding hydrogens is 242 g/mol. The van der Waals surface area contributed by atoms with E-state index < -0.39 is 4.92 Å². The number of nitro groups is 1. The molecule has 0 atom stereocenters. The Hall–Kier alpha value is -2.56. The Morgan fingerprint density at radius 1 is 1.16 bits per heavy atom. The maximum absolute atomic E-state index is 10.7. The van der Waals surface area contributed by atoms with Crippen LogP contribution in [0.15, 0.2) is 42.5 Å². The predicted octanol–water partition coefficient (Wildman–Crippen LogP) is 3.48. The number of nitrogens with two attached hydrogens (primary N) is 1. The normalized spacial score (nSPS) is 10.2. The van der Waals surface area contributed by atoms with Crippen LogP contribution in [-0.4, -0.2) is 4.92 Å². The lowest BCUT2D eigenvalue weighted by Crippen LogP contribution is -1.97. The molecule has 3 N–H and O–H groups in total. The first-order chi connectivity index (χ1) is 9.10. The molecule has 0 saturated heterocycles. The molecule has 0 spiro atoms. The van der Waals surface area contributed by atoms with Crippen molar-refractivity contribution in [2.24, 2.45) is 0 Å². The molecule has 0 saturated carbocycles. The van der Waals surface area contributed by atoms with Gasteiger partial charge in [-0.25, -0.2) is 0 Å². The van der Waals surface area contributed by atoms with Gasteiger partial charge in [0.1, 0.15) is 5.69 Å². The minimum absolute atomic E-state index is 0.0770. The molecule has 0 amide bonds. The van der Waals surface area contributed by atoms with Crippen molar-refractivity contribution in [3.05, 3.63) is 58.1 Å². The first kappa shape index (κ1) is 12.9. The summed E-state index contributed by atoms with van der Waals surface area (Å²) in [7, 11) is 0. The van der Waals surface area contributed by atoms with Gasteiger partial charge in [0.2, 0.25) is 0 Å². The fourth-order valence-corrected chi connectivity index (χ4v) is 1.79. The van der Waals surface area contributed by atoms with E-state index in [-0.39, 0.29) is 11.4 Å². The molecule has 0 heterocycles. The maximum atomic E-state index is 10.7. The zero-order chi connectivity index (χ0) is 13.8. The van der Waals surface area contributed by atoms with E-state index in [0.717, 1.165) is 17.8 Å². The molecule has 2 aromatic carbocycles. The summed E-state index contributed by atoms with van der Waals surface area (Å²) in [6.07, 6.45) is 0.991. The summed E-state index contributed by atoms with van der Waals surface area (Å²) < 4.78 is 0. The van der Waals surface area contributed by atoms with Crippen LogP contribution >= 0.6 is 0 Å². The summed E-state index contributed by atoms with van der Waals surface area (Å²) >= 11 is 0. The molecule has 0 aliphatic rings. The molecule has 0 bridgehead atoms. The van der Waals surface area contributed by atoms with Crippen molar-refractivity contribution >= 4 is 22.7 Å². The Kier molecular flexibility index (Phi) is 3.66. The topological polar surface area (TPSA) is 81.2 Å². The first-order valence-electron chi connectivity index (χ1n) is 6.00. The van der Waals surface area contributed by atoms with Crippen molar-refractivity contribution in [1.29, 1.82) is 0 Å². The van der Waals surface area contributed by atoms with Crippen LogP contribution in [0.2, 0.25) is 0 Å². The van der Waals surface area contributed by atoms with E-state index in [0.29, 0.717) is 0 Å². The average molecular weight is 257 g/mol. The molecule has 2 aromatic rings. The van der Waals surface area contributed by atoms with E-state index in [2.05, 4.69) is 12.2 Å². The largest absolute Gasteiger partial charge is 0.393 e. The highest BCUT2D eigenvalue weighted by atomic mass is 16.6. The Balaban J connectivity index is 2.18. The van der Waals surface area contributed by atoms with Crippen LogP contribution in [-0.2, 0) is 6.42 Å². The predicted molar refractivity (Wildman–Crippen MR) is 76.6 cm³/mol. The van der Waals surface area contributed by atoms with Gasteiger partial charge in [0.25, 0.3) is 5.69 Å². The zero-order valence-electron chi connectivity index (χ0n) is 10.6. The van der Waals surface area contributed by atoms with E-state index in [9.17, 15) is 10.1 Å². The van der Waals surface area contributed by atoms with E-state index in [4.69, 9.17) is 5.73 Å². The quantitative estimate of drug-likeness (QED) is 0.499. The van der Waals surface area contributed by atoms with Crippen LogP contribution in [0, 0.1) is 10.1 Å². The van der Waals surface area contributed by atoms with Gasteiger partial charge < -0.3 is 11.1 Å². The fourth-order valence-electron chi connectivity index (χ4n) is 1.79. The van der Waals surface area contributed by atoms with Crippen molar-refractivity contribution in [1.82, 2.24) is 0 Å². The van der Waals surface area contributed by atoms with Gasteiger partial charge in [-0.15, -0.1) is 0 Å². The molecule has 2 rings (SSSR count). The van der Waals surface area contributed by atoms with Gasteiger partial charge in [0, 0.05) is 17.4 Å². The molecule has 5 heteroatoms. The van der Waals surface area contributed by atoms with Crippen LogP contribution in [0.4, 0.5) is 22.7 Å². The number of nitrogens with one attached hydrogen (secondary N) is 1. The van der Waals surface area contributed by atoms with Gasteiger partial charge in [-0.05, 0) is 36.2 Å². The van der Waals surface area contributed by atoms with Gasteiger partial charge in [0.05, 0.1) is 4.92 Å². The first-order valence-corrected chi connectivity index (χ1v) is 6.00. The van der Waals surface area contributed by atoms with Gasteiger partial charge >= 0.3 is 0 Å². The molecule has 0 unspecified atom stereocenters. The second-order valence-electron chi connectivity index (χ2n) is 4.21. The summed E-state index contributed by atoms with van der Waals surface area (Å²) in [6, 6.07) is 12.6. The average Bonchev–Trinajstić information content (AvgIpc) is 2.39. The van der Waals surface area contributed by atoms with Crippen LogP contribution in [0.5, 0.6) is 0 Å². The van der Waals surface area contributed by atoms with Gasteiger partial charge in [-0.2, -0.15) is 0 Å². The highest BCUT2D eigenvalue weighted by molar-refractivity contribution is 5.69. The number of nitrogen functional groups attached to an aromatic ring is 1. The van der Waals surface area contributed by atoms with Crippen LogP contribution < -0.4 is 11.1 Å². The van der Waals surface area contributed by atoms with E-state index in [1.807, 2.05) is 24.3 Å². The van der Waals surface area contributed by atoms with Crippen molar-refractivity contribution in [2.75, 3.05) is 11.1 Å². The molecule has 0 aromatic heterocycles. The number of nitro benzene ring substituents is 1. The summed E-state index contributed by atoms with van der Waals surface area (Å²) in [6.45, 7) is 2.10. The molecule has 5 nitrogen and oxygen atoms in total. The third-order valence-corrected chi connectivity index (χ3v) is 2.88. The van der Waals surface area contributed by atoms with Crippen LogP contribution in [0.1, 0.15) is 12.5 Å². The third-order valence-electron chi connectivity index (χ3n) is 2.88. The third kappa shape index (κ3) is 3.01. The molecule has 19 heavy (non-hydrogen) atoms. The SMILES string of the molecule is CCc1ccc(Nc2ccc([N+](=O)[O-])c(N)c2)cc1. The lowest BCUT2D eigenvalue weighted by molar-refractivity contribution is -0.383. The lowest BCUT2D eigenvalue weighted by atomic mass is 10.1. The number of hydrogen-bond donors (Lipinski definition) is 2. The van der Waals surface area contributed by atoms with E-state index in [1.54, 1.807) is 12.1 Å². The number of rotatable bonds is 4. The minimum Gasteiger partial charge on any atom is -0.393 e. The number of anilines is 3. The highest BCUT2D eigenvalue weighted by Crippen LogP contribution is 2.26. The maximum Gasteiger partial charge on any atom is 0.292 e. The lowest BCUT2D eigenvalue weighted by Gasteiger charge is -2.08.